The lowest BCUT2D eigenvalue weighted by molar-refractivity contribution is 0.0522. The van der Waals surface area contributed by atoms with Crippen LogP contribution >= 0.6 is 0 Å². The number of piperazine rings is 1. The van der Waals surface area contributed by atoms with Crippen molar-refractivity contribution < 1.29 is 4.39 Å². The number of aromatic nitrogens is 1. The van der Waals surface area contributed by atoms with Gasteiger partial charge < -0.3 is 10.6 Å². The molecular formula is C14H23FN4. The Kier molecular flexibility index (Phi) is 4.85. The van der Waals surface area contributed by atoms with Gasteiger partial charge in [-0.15, -0.1) is 0 Å². The van der Waals surface area contributed by atoms with Gasteiger partial charge in [-0.3, -0.25) is 9.88 Å². The van der Waals surface area contributed by atoms with Crippen LogP contribution in [0, 0.1) is 5.82 Å². The van der Waals surface area contributed by atoms with Gasteiger partial charge in [0, 0.05) is 32.2 Å². The number of rotatable bonds is 4. The number of hydrogen-bond donors (Lipinski definition) is 1. The van der Waals surface area contributed by atoms with E-state index in [1.54, 1.807) is 6.07 Å². The first kappa shape index (κ1) is 14.4. The molecule has 4 nitrogen and oxygen atoms in total. The minimum Gasteiger partial charge on any atom is -0.329 e. The van der Waals surface area contributed by atoms with Crippen LogP contribution in [0.2, 0.25) is 0 Å². The van der Waals surface area contributed by atoms with E-state index in [1.165, 1.54) is 12.3 Å². The fourth-order valence-corrected chi connectivity index (χ4v) is 2.84. The zero-order valence-electron chi connectivity index (χ0n) is 11.7. The zero-order valence-corrected chi connectivity index (χ0v) is 11.7. The third-order valence-corrected chi connectivity index (χ3v) is 3.88. The molecule has 1 fully saturated rings. The molecule has 2 N–H and O–H groups in total. The van der Waals surface area contributed by atoms with E-state index in [0.29, 0.717) is 12.6 Å². The fourth-order valence-electron chi connectivity index (χ4n) is 2.84. The molecule has 1 saturated heterocycles. The number of hydrogen-bond acceptors (Lipinski definition) is 4. The van der Waals surface area contributed by atoms with Gasteiger partial charge in [0.15, 0.2) is 0 Å². The van der Waals surface area contributed by atoms with Gasteiger partial charge in [-0.1, -0.05) is 6.92 Å². The fraction of sp³-hybridized carbons (Fsp3) is 0.643. The van der Waals surface area contributed by atoms with Gasteiger partial charge in [-0.2, -0.15) is 0 Å². The first-order valence-electron chi connectivity index (χ1n) is 6.91. The molecule has 106 valence electrons. The number of likely N-dealkylation sites (N-methyl/N-ethyl adjacent to an activating group) is 1. The number of halogens is 1. The largest absolute Gasteiger partial charge is 0.329 e. The summed E-state index contributed by atoms with van der Waals surface area (Å²) in [7, 11) is 2.12. The van der Waals surface area contributed by atoms with Crippen molar-refractivity contribution in [2.45, 2.75) is 25.4 Å². The molecular weight excluding hydrogens is 243 g/mol. The molecule has 5 heteroatoms. The SMILES string of the molecule is CCC(c1ccc(F)cn1)N1CCN(C)CC1CN. The lowest BCUT2D eigenvalue weighted by atomic mass is 10.0. The van der Waals surface area contributed by atoms with Crippen LogP contribution in [0.25, 0.3) is 0 Å². The van der Waals surface area contributed by atoms with Gasteiger partial charge in [-0.25, -0.2) is 4.39 Å². The Morgan fingerprint density at radius 1 is 1.47 bits per heavy atom. The molecule has 0 spiro atoms. The maximum Gasteiger partial charge on any atom is 0.141 e. The van der Waals surface area contributed by atoms with Crippen LogP contribution in [0.3, 0.4) is 0 Å². The maximum absolute atomic E-state index is 13.0. The summed E-state index contributed by atoms with van der Waals surface area (Å²) < 4.78 is 13.0. The average molecular weight is 266 g/mol. The minimum absolute atomic E-state index is 0.225. The summed E-state index contributed by atoms with van der Waals surface area (Å²) >= 11 is 0. The Balaban J connectivity index is 2.18. The zero-order chi connectivity index (χ0) is 13.8. The van der Waals surface area contributed by atoms with Crippen molar-refractivity contribution in [1.82, 2.24) is 14.8 Å². The van der Waals surface area contributed by atoms with Crippen LogP contribution < -0.4 is 5.73 Å². The van der Waals surface area contributed by atoms with Gasteiger partial charge in [0.1, 0.15) is 5.82 Å². The molecule has 0 aromatic carbocycles. The van der Waals surface area contributed by atoms with E-state index in [4.69, 9.17) is 5.73 Å². The third-order valence-electron chi connectivity index (χ3n) is 3.88. The molecule has 0 bridgehead atoms. The molecule has 2 atom stereocenters. The summed E-state index contributed by atoms with van der Waals surface area (Å²) in [6, 6.07) is 3.84. The van der Waals surface area contributed by atoms with Crippen LogP contribution in [0.15, 0.2) is 18.3 Å². The van der Waals surface area contributed by atoms with Crippen LogP contribution in [0.1, 0.15) is 25.1 Å². The summed E-state index contributed by atoms with van der Waals surface area (Å²) in [5.41, 5.74) is 6.84. The summed E-state index contributed by atoms with van der Waals surface area (Å²) in [6.45, 7) is 5.78. The predicted octanol–water partition coefficient (Wildman–Crippen LogP) is 1.25. The van der Waals surface area contributed by atoms with Crippen molar-refractivity contribution in [2.75, 3.05) is 33.2 Å². The third kappa shape index (κ3) is 3.29. The lowest BCUT2D eigenvalue weighted by Crippen LogP contribution is -2.55. The first-order chi connectivity index (χ1) is 9.15. The molecule has 1 aliphatic rings. The van der Waals surface area contributed by atoms with Crippen molar-refractivity contribution in [1.29, 1.82) is 0 Å². The summed E-state index contributed by atoms with van der Waals surface area (Å²) in [4.78, 5) is 8.96. The molecule has 2 unspecified atom stereocenters. The number of nitrogens with two attached hydrogens (primary N) is 1. The van der Waals surface area contributed by atoms with E-state index in [2.05, 4.69) is 28.8 Å². The molecule has 0 radical (unpaired) electrons. The molecule has 1 aromatic rings. The quantitative estimate of drug-likeness (QED) is 0.891. The van der Waals surface area contributed by atoms with Crippen LogP contribution in [0.4, 0.5) is 4.39 Å². The summed E-state index contributed by atoms with van der Waals surface area (Å²) in [5.74, 6) is -0.285. The van der Waals surface area contributed by atoms with Gasteiger partial charge >= 0.3 is 0 Å². The Morgan fingerprint density at radius 3 is 2.84 bits per heavy atom. The molecule has 1 aromatic heterocycles. The van der Waals surface area contributed by atoms with Gasteiger partial charge in [0.2, 0.25) is 0 Å². The molecule has 19 heavy (non-hydrogen) atoms. The molecule has 1 aliphatic heterocycles. The molecule has 0 aliphatic carbocycles. The Labute approximate surface area is 114 Å². The van der Waals surface area contributed by atoms with E-state index in [9.17, 15) is 4.39 Å². The van der Waals surface area contributed by atoms with Crippen LogP contribution in [-0.2, 0) is 0 Å². The van der Waals surface area contributed by atoms with Gasteiger partial charge in [0.25, 0.3) is 0 Å². The van der Waals surface area contributed by atoms with Crippen molar-refractivity contribution >= 4 is 0 Å². The van der Waals surface area contributed by atoms with E-state index >= 15 is 0 Å². The maximum atomic E-state index is 13.0. The van der Waals surface area contributed by atoms with E-state index in [1.807, 2.05) is 0 Å². The topological polar surface area (TPSA) is 45.4 Å². The van der Waals surface area contributed by atoms with Crippen LogP contribution in [-0.4, -0.2) is 54.1 Å². The second-order valence-corrected chi connectivity index (χ2v) is 5.21. The highest BCUT2D eigenvalue weighted by molar-refractivity contribution is 5.11. The van der Waals surface area contributed by atoms with E-state index in [0.717, 1.165) is 31.7 Å². The standard InChI is InChI=1S/C14H23FN4/c1-3-14(13-5-4-11(15)9-17-13)19-7-6-18(2)10-12(19)8-16/h4-5,9,12,14H,3,6-8,10,16H2,1-2H3. The van der Waals surface area contributed by atoms with Crippen molar-refractivity contribution in [2.24, 2.45) is 5.73 Å². The highest BCUT2D eigenvalue weighted by atomic mass is 19.1. The molecule has 2 rings (SSSR count). The summed E-state index contributed by atoms with van der Waals surface area (Å²) in [6.07, 6.45) is 2.25. The lowest BCUT2D eigenvalue weighted by Gasteiger charge is -2.43. The predicted molar refractivity (Wildman–Crippen MR) is 74.3 cm³/mol. The van der Waals surface area contributed by atoms with Crippen molar-refractivity contribution in [3.63, 3.8) is 0 Å². The smallest absolute Gasteiger partial charge is 0.141 e. The van der Waals surface area contributed by atoms with Crippen molar-refractivity contribution in [3.05, 3.63) is 29.8 Å². The van der Waals surface area contributed by atoms with E-state index < -0.39 is 0 Å². The highest BCUT2D eigenvalue weighted by Gasteiger charge is 2.30. The minimum atomic E-state index is -0.285. The highest BCUT2D eigenvalue weighted by Crippen LogP contribution is 2.26. The molecule has 0 amide bonds. The Morgan fingerprint density at radius 2 is 2.26 bits per heavy atom. The summed E-state index contributed by atoms with van der Waals surface area (Å²) in [5, 5.41) is 0. The Hall–Kier alpha value is -1.04. The van der Waals surface area contributed by atoms with Crippen LogP contribution in [0.5, 0.6) is 0 Å². The molecule has 0 saturated carbocycles. The first-order valence-corrected chi connectivity index (χ1v) is 6.91. The second kappa shape index (κ2) is 6.41. The average Bonchev–Trinajstić information content (AvgIpc) is 2.43. The van der Waals surface area contributed by atoms with E-state index in [-0.39, 0.29) is 11.9 Å². The monoisotopic (exact) mass is 266 g/mol. The Bertz CT molecular complexity index is 395. The number of nitrogens with zero attached hydrogens (tertiary/aromatic N) is 3. The van der Waals surface area contributed by atoms with Gasteiger partial charge in [0.05, 0.1) is 17.9 Å². The molecule has 2 heterocycles. The van der Waals surface area contributed by atoms with Gasteiger partial charge in [-0.05, 0) is 25.6 Å². The second-order valence-electron chi connectivity index (χ2n) is 5.21. The van der Waals surface area contributed by atoms with Crippen molar-refractivity contribution in [3.8, 4) is 0 Å². The normalized spacial score (nSPS) is 23.5. The number of pyridine rings is 1.